The van der Waals surface area contributed by atoms with Crippen LogP contribution >= 0.6 is 0 Å². The summed E-state index contributed by atoms with van der Waals surface area (Å²) in [6.07, 6.45) is 1.48. The Bertz CT molecular complexity index is 954. The Balaban J connectivity index is 1.45. The lowest BCUT2D eigenvalue weighted by Gasteiger charge is -2.08. The molecule has 2 aromatic carbocycles. The minimum atomic E-state index is -0.437. The van der Waals surface area contributed by atoms with Gasteiger partial charge in [-0.25, -0.2) is 9.37 Å². The number of hydrogen-bond donors (Lipinski definition) is 0. The first-order valence-electron chi connectivity index (χ1n) is 8.11. The second kappa shape index (κ2) is 8.24. The van der Waals surface area contributed by atoms with Gasteiger partial charge in [0.2, 0.25) is 0 Å². The quantitative estimate of drug-likeness (QED) is 0.481. The van der Waals surface area contributed by atoms with Crippen LogP contribution < -0.4 is 10.3 Å². The molecular formula is C19H17FN2O4. The Labute approximate surface area is 148 Å². The smallest absolute Gasteiger partial charge is 0.307 e. The van der Waals surface area contributed by atoms with Crippen LogP contribution in [0.5, 0.6) is 5.75 Å². The van der Waals surface area contributed by atoms with Crippen molar-refractivity contribution in [2.75, 3.05) is 13.2 Å². The van der Waals surface area contributed by atoms with Crippen LogP contribution in [-0.2, 0) is 16.1 Å². The first-order chi connectivity index (χ1) is 12.6. The van der Waals surface area contributed by atoms with E-state index in [1.165, 1.54) is 35.2 Å². The monoisotopic (exact) mass is 356 g/mol. The fourth-order valence-electron chi connectivity index (χ4n) is 2.40. The van der Waals surface area contributed by atoms with Crippen molar-refractivity contribution in [3.63, 3.8) is 0 Å². The van der Waals surface area contributed by atoms with Crippen molar-refractivity contribution in [1.82, 2.24) is 9.55 Å². The van der Waals surface area contributed by atoms with E-state index in [0.717, 1.165) is 0 Å². The lowest BCUT2D eigenvalue weighted by atomic mass is 10.2. The standard InChI is InChI=1S/C19H17FN2O4/c20-14-5-7-15(8-6-14)25-11-12-26-18(23)9-10-22-13-21-17-4-2-1-3-16(17)19(22)24/h1-8,13H,9-12H2. The predicted octanol–water partition coefficient (Wildman–Crippen LogP) is 2.55. The SMILES string of the molecule is O=C(CCn1cnc2ccccc2c1=O)OCCOc1ccc(F)cc1. The lowest BCUT2D eigenvalue weighted by Crippen LogP contribution is -2.23. The van der Waals surface area contributed by atoms with E-state index in [1.807, 2.05) is 6.07 Å². The average molecular weight is 356 g/mol. The predicted molar refractivity (Wildman–Crippen MR) is 93.5 cm³/mol. The molecule has 0 fully saturated rings. The van der Waals surface area contributed by atoms with Crippen LogP contribution in [0.4, 0.5) is 4.39 Å². The first kappa shape index (κ1) is 17.6. The summed E-state index contributed by atoms with van der Waals surface area (Å²) in [6.45, 7) is 0.421. The molecule has 0 radical (unpaired) electrons. The second-order valence-electron chi connectivity index (χ2n) is 5.53. The summed E-state index contributed by atoms with van der Waals surface area (Å²) in [5.74, 6) is -0.286. The van der Waals surface area contributed by atoms with E-state index in [4.69, 9.17) is 9.47 Å². The van der Waals surface area contributed by atoms with E-state index < -0.39 is 5.97 Å². The highest BCUT2D eigenvalue weighted by Gasteiger charge is 2.07. The van der Waals surface area contributed by atoms with Crippen molar-refractivity contribution in [3.05, 3.63) is 71.0 Å². The van der Waals surface area contributed by atoms with Crippen LogP contribution in [0.15, 0.2) is 59.7 Å². The van der Waals surface area contributed by atoms with Crippen molar-refractivity contribution >= 4 is 16.9 Å². The number of para-hydroxylation sites is 1. The van der Waals surface area contributed by atoms with E-state index in [0.29, 0.717) is 16.7 Å². The Morgan fingerprint density at radius 1 is 1.08 bits per heavy atom. The van der Waals surface area contributed by atoms with Gasteiger partial charge in [-0.15, -0.1) is 0 Å². The molecule has 26 heavy (non-hydrogen) atoms. The zero-order valence-electron chi connectivity index (χ0n) is 13.9. The number of benzene rings is 2. The largest absolute Gasteiger partial charge is 0.490 e. The molecule has 0 aliphatic heterocycles. The summed E-state index contributed by atoms with van der Waals surface area (Å²) in [7, 11) is 0. The average Bonchev–Trinajstić information content (AvgIpc) is 2.66. The highest BCUT2D eigenvalue weighted by atomic mass is 19.1. The second-order valence-corrected chi connectivity index (χ2v) is 5.53. The fourth-order valence-corrected chi connectivity index (χ4v) is 2.40. The molecule has 0 atom stereocenters. The number of halogens is 1. The maximum atomic E-state index is 12.8. The summed E-state index contributed by atoms with van der Waals surface area (Å²) >= 11 is 0. The molecule has 3 rings (SSSR count). The van der Waals surface area contributed by atoms with E-state index in [-0.39, 0.29) is 37.6 Å². The number of aryl methyl sites for hydroxylation is 1. The Morgan fingerprint density at radius 2 is 1.85 bits per heavy atom. The molecule has 1 aromatic heterocycles. The van der Waals surface area contributed by atoms with Gasteiger partial charge in [0.1, 0.15) is 24.8 Å². The zero-order valence-corrected chi connectivity index (χ0v) is 13.9. The summed E-state index contributed by atoms with van der Waals surface area (Å²) in [4.78, 5) is 28.3. The molecule has 0 amide bonds. The molecule has 0 N–H and O–H groups in total. The summed E-state index contributed by atoms with van der Waals surface area (Å²) < 4.78 is 24.5. The van der Waals surface area contributed by atoms with Gasteiger partial charge in [0.15, 0.2) is 0 Å². The minimum Gasteiger partial charge on any atom is -0.490 e. The van der Waals surface area contributed by atoms with Crippen molar-refractivity contribution < 1.29 is 18.7 Å². The maximum absolute atomic E-state index is 12.8. The highest BCUT2D eigenvalue weighted by Crippen LogP contribution is 2.10. The van der Waals surface area contributed by atoms with Crippen LogP contribution in [0.1, 0.15) is 6.42 Å². The van der Waals surface area contributed by atoms with Gasteiger partial charge in [-0.2, -0.15) is 0 Å². The van der Waals surface area contributed by atoms with E-state index >= 15 is 0 Å². The van der Waals surface area contributed by atoms with Gasteiger partial charge in [-0.1, -0.05) is 12.1 Å². The molecule has 134 valence electrons. The molecule has 0 unspecified atom stereocenters. The molecule has 1 heterocycles. The molecule has 0 saturated carbocycles. The first-order valence-corrected chi connectivity index (χ1v) is 8.11. The zero-order chi connectivity index (χ0) is 18.4. The molecule has 3 aromatic rings. The van der Waals surface area contributed by atoms with Gasteiger partial charge in [-0.05, 0) is 36.4 Å². The van der Waals surface area contributed by atoms with Gasteiger partial charge < -0.3 is 9.47 Å². The Hall–Kier alpha value is -3.22. The highest BCUT2D eigenvalue weighted by molar-refractivity contribution is 5.77. The maximum Gasteiger partial charge on any atom is 0.307 e. The van der Waals surface area contributed by atoms with Crippen molar-refractivity contribution in [1.29, 1.82) is 0 Å². The number of hydrogen-bond acceptors (Lipinski definition) is 5. The summed E-state index contributed by atoms with van der Waals surface area (Å²) in [5, 5.41) is 0.510. The van der Waals surface area contributed by atoms with E-state index in [2.05, 4.69) is 4.98 Å². The molecule has 0 spiro atoms. The van der Waals surface area contributed by atoms with Crippen LogP contribution in [0.2, 0.25) is 0 Å². The third-order valence-corrected chi connectivity index (χ3v) is 3.72. The van der Waals surface area contributed by atoms with Crippen LogP contribution in [-0.4, -0.2) is 28.7 Å². The third kappa shape index (κ3) is 4.44. The molecule has 0 aliphatic carbocycles. The Kier molecular flexibility index (Phi) is 5.58. The van der Waals surface area contributed by atoms with Crippen molar-refractivity contribution in [3.8, 4) is 5.75 Å². The number of carbonyl (C=O) groups is 1. The lowest BCUT2D eigenvalue weighted by molar-refractivity contribution is -0.144. The molecule has 0 aliphatic rings. The molecular weight excluding hydrogens is 339 g/mol. The number of carbonyl (C=O) groups excluding carboxylic acids is 1. The Morgan fingerprint density at radius 3 is 2.65 bits per heavy atom. The van der Waals surface area contributed by atoms with Crippen LogP contribution in [0.25, 0.3) is 10.9 Å². The van der Waals surface area contributed by atoms with Gasteiger partial charge >= 0.3 is 5.97 Å². The number of aromatic nitrogens is 2. The topological polar surface area (TPSA) is 70.4 Å². The van der Waals surface area contributed by atoms with E-state index in [1.54, 1.807) is 18.2 Å². The van der Waals surface area contributed by atoms with Crippen LogP contribution in [0, 0.1) is 5.82 Å². The van der Waals surface area contributed by atoms with Crippen molar-refractivity contribution in [2.24, 2.45) is 0 Å². The molecule has 0 bridgehead atoms. The molecule has 7 heteroatoms. The fraction of sp³-hybridized carbons (Fsp3) is 0.211. The summed E-state index contributed by atoms with van der Waals surface area (Å²) in [5.41, 5.74) is 0.428. The number of esters is 1. The molecule has 6 nitrogen and oxygen atoms in total. The van der Waals surface area contributed by atoms with Gasteiger partial charge in [0, 0.05) is 6.54 Å². The molecule has 0 saturated heterocycles. The number of fused-ring (bicyclic) bond motifs is 1. The summed E-state index contributed by atoms with van der Waals surface area (Å²) in [6, 6.07) is 12.6. The van der Waals surface area contributed by atoms with Gasteiger partial charge in [-0.3, -0.25) is 14.2 Å². The van der Waals surface area contributed by atoms with Gasteiger partial charge in [0.25, 0.3) is 5.56 Å². The van der Waals surface area contributed by atoms with E-state index in [9.17, 15) is 14.0 Å². The number of ether oxygens (including phenoxy) is 2. The minimum absolute atomic E-state index is 0.0521. The van der Waals surface area contributed by atoms with Crippen LogP contribution in [0.3, 0.4) is 0 Å². The number of rotatable bonds is 7. The van der Waals surface area contributed by atoms with Gasteiger partial charge in [0.05, 0.1) is 23.7 Å². The van der Waals surface area contributed by atoms with Crippen molar-refractivity contribution in [2.45, 2.75) is 13.0 Å². The third-order valence-electron chi connectivity index (χ3n) is 3.72. The normalized spacial score (nSPS) is 10.7. The number of nitrogens with zero attached hydrogens (tertiary/aromatic N) is 2.